The Hall–Kier alpha value is -2.10. The molecule has 0 radical (unpaired) electrons. The van der Waals surface area contributed by atoms with E-state index in [4.69, 9.17) is 0 Å². The average molecular weight is 340 g/mol. The van der Waals surface area contributed by atoms with Crippen LogP contribution in [0.15, 0.2) is 42.5 Å². The summed E-state index contributed by atoms with van der Waals surface area (Å²) in [6, 6.07) is 10.3. The highest BCUT2D eigenvalue weighted by molar-refractivity contribution is 5.78. The number of allylic oxidation sites excluding steroid dienone is 2. The molecule has 1 heterocycles. The summed E-state index contributed by atoms with van der Waals surface area (Å²) in [5.41, 5.74) is 1.28. The molecule has 0 aromatic heterocycles. The van der Waals surface area contributed by atoms with Crippen molar-refractivity contribution in [2.75, 3.05) is 26.2 Å². The van der Waals surface area contributed by atoms with E-state index in [2.05, 4.69) is 24.3 Å². The summed E-state index contributed by atoms with van der Waals surface area (Å²) in [4.78, 5) is 28.6. The summed E-state index contributed by atoms with van der Waals surface area (Å²) >= 11 is 0. The van der Waals surface area contributed by atoms with E-state index < -0.39 is 0 Å². The van der Waals surface area contributed by atoms with E-state index in [1.165, 1.54) is 5.56 Å². The molecule has 1 fully saturated rings. The van der Waals surface area contributed by atoms with Crippen LogP contribution in [0.25, 0.3) is 0 Å². The first-order chi connectivity index (χ1) is 12.2. The number of hydrogen-bond acceptors (Lipinski definition) is 2. The molecule has 2 aliphatic rings. The Morgan fingerprint density at radius 3 is 2.28 bits per heavy atom. The molecule has 2 amide bonds. The fourth-order valence-electron chi connectivity index (χ4n) is 3.67. The van der Waals surface area contributed by atoms with Crippen LogP contribution in [0.1, 0.15) is 37.7 Å². The smallest absolute Gasteiger partial charge is 0.223 e. The van der Waals surface area contributed by atoms with Crippen LogP contribution in [0.2, 0.25) is 0 Å². The third kappa shape index (κ3) is 5.18. The van der Waals surface area contributed by atoms with E-state index in [1.807, 2.05) is 28.0 Å². The first-order valence-electron chi connectivity index (χ1n) is 9.48. The molecule has 0 saturated carbocycles. The van der Waals surface area contributed by atoms with Crippen molar-refractivity contribution in [1.29, 1.82) is 0 Å². The number of piperazine rings is 1. The van der Waals surface area contributed by atoms with Crippen LogP contribution >= 0.6 is 0 Å². The van der Waals surface area contributed by atoms with Gasteiger partial charge in [0.1, 0.15) is 0 Å². The fraction of sp³-hybridized carbons (Fsp3) is 0.524. The minimum Gasteiger partial charge on any atom is -0.339 e. The largest absolute Gasteiger partial charge is 0.339 e. The van der Waals surface area contributed by atoms with Crippen LogP contribution in [-0.2, 0) is 16.0 Å². The van der Waals surface area contributed by atoms with Gasteiger partial charge in [-0.1, -0.05) is 42.5 Å². The predicted molar refractivity (Wildman–Crippen MR) is 99.0 cm³/mol. The highest BCUT2D eigenvalue weighted by Crippen LogP contribution is 2.21. The van der Waals surface area contributed by atoms with E-state index in [-0.39, 0.29) is 11.8 Å². The molecular formula is C21H28N2O2. The van der Waals surface area contributed by atoms with Crippen LogP contribution in [-0.4, -0.2) is 47.8 Å². The zero-order chi connectivity index (χ0) is 17.5. The molecule has 4 heteroatoms. The predicted octanol–water partition coefficient (Wildman–Crippen LogP) is 3.04. The minimum absolute atomic E-state index is 0.224. The number of benzene rings is 1. The Balaban J connectivity index is 1.35. The minimum atomic E-state index is 0.224. The lowest BCUT2D eigenvalue weighted by molar-refractivity contribution is -0.140. The molecule has 1 aromatic rings. The lowest BCUT2D eigenvalue weighted by atomic mass is 10.0. The monoisotopic (exact) mass is 340 g/mol. The molecule has 0 bridgehead atoms. The van der Waals surface area contributed by atoms with Gasteiger partial charge in [0.15, 0.2) is 0 Å². The quantitative estimate of drug-likeness (QED) is 0.747. The third-order valence-electron chi connectivity index (χ3n) is 5.23. The molecule has 1 aliphatic heterocycles. The number of rotatable bonds is 6. The fourth-order valence-corrected chi connectivity index (χ4v) is 3.67. The SMILES string of the molecule is O=C(CCCc1ccccc1)N1CCN(C(=O)C[C@@H]2C=CCC2)CC1. The van der Waals surface area contributed by atoms with Crippen LogP contribution in [0.3, 0.4) is 0 Å². The molecule has 1 atom stereocenters. The zero-order valence-corrected chi connectivity index (χ0v) is 14.9. The van der Waals surface area contributed by atoms with Crippen LogP contribution in [0.4, 0.5) is 0 Å². The lowest BCUT2D eigenvalue weighted by Gasteiger charge is -2.35. The number of nitrogens with zero attached hydrogens (tertiary/aromatic N) is 2. The summed E-state index contributed by atoms with van der Waals surface area (Å²) in [7, 11) is 0. The van der Waals surface area contributed by atoms with E-state index in [0.29, 0.717) is 44.9 Å². The van der Waals surface area contributed by atoms with Crippen LogP contribution < -0.4 is 0 Å². The van der Waals surface area contributed by atoms with Gasteiger partial charge in [-0.3, -0.25) is 9.59 Å². The maximum Gasteiger partial charge on any atom is 0.223 e. The van der Waals surface area contributed by atoms with Gasteiger partial charge >= 0.3 is 0 Å². The van der Waals surface area contributed by atoms with Gasteiger partial charge < -0.3 is 9.80 Å². The molecule has 0 unspecified atom stereocenters. The number of hydrogen-bond donors (Lipinski definition) is 0. The number of carbonyl (C=O) groups is 2. The zero-order valence-electron chi connectivity index (χ0n) is 14.9. The van der Waals surface area contributed by atoms with Gasteiger partial charge in [0.05, 0.1) is 0 Å². The molecule has 1 aromatic carbocycles. The lowest BCUT2D eigenvalue weighted by Crippen LogP contribution is -2.50. The maximum atomic E-state index is 12.4. The van der Waals surface area contributed by atoms with Crippen molar-refractivity contribution in [2.24, 2.45) is 5.92 Å². The summed E-state index contributed by atoms with van der Waals surface area (Å²) < 4.78 is 0. The van der Waals surface area contributed by atoms with Gasteiger partial charge in [-0.2, -0.15) is 0 Å². The van der Waals surface area contributed by atoms with E-state index in [0.717, 1.165) is 25.7 Å². The van der Waals surface area contributed by atoms with Gasteiger partial charge in [0.25, 0.3) is 0 Å². The first kappa shape index (κ1) is 17.7. The number of aryl methyl sites for hydroxylation is 1. The van der Waals surface area contributed by atoms with Gasteiger partial charge in [-0.25, -0.2) is 0 Å². The van der Waals surface area contributed by atoms with Crippen molar-refractivity contribution < 1.29 is 9.59 Å². The van der Waals surface area contributed by atoms with Crippen molar-refractivity contribution in [3.05, 3.63) is 48.0 Å². The van der Waals surface area contributed by atoms with Gasteiger partial charge in [0.2, 0.25) is 11.8 Å². The molecule has 25 heavy (non-hydrogen) atoms. The van der Waals surface area contributed by atoms with Gasteiger partial charge in [0, 0.05) is 39.0 Å². The molecule has 134 valence electrons. The normalized spacial score (nSPS) is 20.1. The molecule has 0 N–H and O–H groups in total. The second-order valence-electron chi connectivity index (χ2n) is 7.07. The van der Waals surface area contributed by atoms with Crippen molar-refractivity contribution in [3.63, 3.8) is 0 Å². The Labute approximate surface area is 150 Å². The summed E-state index contributed by atoms with van der Waals surface area (Å²) in [6.45, 7) is 2.71. The van der Waals surface area contributed by atoms with E-state index in [1.54, 1.807) is 0 Å². The molecule has 4 nitrogen and oxygen atoms in total. The first-order valence-corrected chi connectivity index (χ1v) is 9.48. The molecule has 0 spiro atoms. The van der Waals surface area contributed by atoms with Gasteiger partial charge in [-0.05, 0) is 37.2 Å². The second-order valence-corrected chi connectivity index (χ2v) is 7.07. The number of carbonyl (C=O) groups excluding carboxylic acids is 2. The van der Waals surface area contributed by atoms with E-state index >= 15 is 0 Å². The molecular weight excluding hydrogens is 312 g/mol. The Kier molecular flexibility index (Phi) is 6.26. The van der Waals surface area contributed by atoms with Crippen LogP contribution in [0, 0.1) is 5.92 Å². The Morgan fingerprint density at radius 2 is 1.64 bits per heavy atom. The van der Waals surface area contributed by atoms with Gasteiger partial charge in [-0.15, -0.1) is 0 Å². The third-order valence-corrected chi connectivity index (χ3v) is 5.23. The van der Waals surface area contributed by atoms with Crippen molar-refractivity contribution >= 4 is 11.8 Å². The maximum absolute atomic E-state index is 12.4. The number of amides is 2. The second kappa shape index (κ2) is 8.84. The Bertz CT molecular complexity index is 604. The van der Waals surface area contributed by atoms with E-state index in [9.17, 15) is 9.59 Å². The van der Waals surface area contributed by atoms with Crippen molar-refractivity contribution in [2.45, 2.75) is 38.5 Å². The summed E-state index contributed by atoms with van der Waals surface area (Å²) in [6.07, 6.45) is 9.59. The van der Waals surface area contributed by atoms with Crippen molar-refractivity contribution in [1.82, 2.24) is 9.80 Å². The summed E-state index contributed by atoms with van der Waals surface area (Å²) in [5, 5.41) is 0. The molecule has 1 saturated heterocycles. The molecule has 3 rings (SSSR count). The molecule has 1 aliphatic carbocycles. The highest BCUT2D eigenvalue weighted by atomic mass is 16.2. The average Bonchev–Trinajstić information content (AvgIpc) is 3.15. The van der Waals surface area contributed by atoms with Crippen LogP contribution in [0.5, 0.6) is 0 Å². The standard InChI is InChI=1S/C21H28N2O2/c24-20(12-6-11-18-7-2-1-3-8-18)22-13-15-23(16-14-22)21(25)17-19-9-4-5-10-19/h1-4,7-9,19H,5-6,10-17H2/t19-/m1/s1. The van der Waals surface area contributed by atoms with Crippen molar-refractivity contribution in [3.8, 4) is 0 Å². The topological polar surface area (TPSA) is 40.6 Å². The highest BCUT2D eigenvalue weighted by Gasteiger charge is 2.25. The summed E-state index contributed by atoms with van der Waals surface area (Å²) in [5.74, 6) is 0.889. The Morgan fingerprint density at radius 1 is 0.960 bits per heavy atom.